The van der Waals surface area contributed by atoms with Crippen LogP contribution in [-0.4, -0.2) is 33.5 Å². The first-order valence-corrected chi connectivity index (χ1v) is 6.46. The third kappa shape index (κ3) is 5.11. The number of methoxy groups -OCH3 is 1. The molecule has 0 heterocycles. The molecule has 6 heteroatoms. The van der Waals surface area contributed by atoms with E-state index in [9.17, 15) is 13.2 Å². The highest BCUT2D eigenvalue weighted by Crippen LogP contribution is 2.34. The first-order valence-electron chi connectivity index (χ1n) is 6.46. The van der Waals surface area contributed by atoms with Gasteiger partial charge in [-0.1, -0.05) is 25.1 Å². The van der Waals surface area contributed by atoms with Crippen LogP contribution in [0.15, 0.2) is 24.3 Å². The van der Waals surface area contributed by atoms with E-state index >= 15 is 0 Å². The lowest BCUT2D eigenvalue weighted by atomic mass is 10.0. The van der Waals surface area contributed by atoms with E-state index < -0.39 is 17.8 Å². The monoisotopic (exact) mass is 291 g/mol. The fourth-order valence-corrected chi connectivity index (χ4v) is 1.91. The van der Waals surface area contributed by atoms with Crippen LogP contribution in [0.5, 0.6) is 0 Å². The summed E-state index contributed by atoms with van der Waals surface area (Å²) in [6.45, 7) is 3.35. The van der Waals surface area contributed by atoms with Crippen molar-refractivity contribution in [1.29, 1.82) is 0 Å². The van der Waals surface area contributed by atoms with Crippen molar-refractivity contribution in [2.45, 2.75) is 19.1 Å². The first kappa shape index (κ1) is 16.9. The second-order valence-corrected chi connectivity index (χ2v) is 4.26. The van der Waals surface area contributed by atoms with Crippen molar-refractivity contribution < 1.29 is 22.6 Å². The van der Waals surface area contributed by atoms with Crippen LogP contribution in [0.3, 0.4) is 0 Å². The normalized spacial score (nSPS) is 13.4. The van der Waals surface area contributed by atoms with Crippen LogP contribution in [0.4, 0.5) is 13.2 Å². The molecule has 3 nitrogen and oxygen atoms in total. The molecule has 0 bridgehead atoms. The van der Waals surface area contributed by atoms with Crippen LogP contribution in [0.25, 0.3) is 0 Å². The minimum atomic E-state index is -4.36. The van der Waals surface area contributed by atoms with Gasteiger partial charge in [0.25, 0.3) is 0 Å². The van der Waals surface area contributed by atoms with Gasteiger partial charge in [-0.3, -0.25) is 0 Å². The molecular formula is C14H20F3NO2. The molecule has 0 aromatic heterocycles. The Morgan fingerprint density at radius 1 is 1.20 bits per heavy atom. The average Bonchev–Trinajstić information content (AvgIpc) is 2.41. The lowest BCUT2D eigenvalue weighted by molar-refractivity contribution is -0.138. The van der Waals surface area contributed by atoms with Crippen LogP contribution in [0.1, 0.15) is 24.1 Å². The highest BCUT2D eigenvalue weighted by Gasteiger charge is 2.34. The number of benzene rings is 1. The molecule has 0 aliphatic rings. The molecule has 0 aliphatic carbocycles. The Balaban J connectivity index is 2.85. The Kier molecular flexibility index (Phi) is 6.98. The molecule has 0 aliphatic heterocycles. The van der Waals surface area contributed by atoms with Crippen molar-refractivity contribution in [3.8, 4) is 0 Å². The molecule has 0 fully saturated rings. The van der Waals surface area contributed by atoms with Gasteiger partial charge in [0.1, 0.15) is 0 Å². The summed E-state index contributed by atoms with van der Waals surface area (Å²) < 4.78 is 49.2. The van der Waals surface area contributed by atoms with E-state index in [1.165, 1.54) is 12.1 Å². The highest BCUT2D eigenvalue weighted by molar-refractivity contribution is 5.32. The first-order chi connectivity index (χ1) is 9.50. The fourth-order valence-electron chi connectivity index (χ4n) is 1.91. The largest absolute Gasteiger partial charge is 0.416 e. The van der Waals surface area contributed by atoms with Crippen LogP contribution in [0, 0.1) is 0 Å². The lowest BCUT2D eigenvalue weighted by Gasteiger charge is -2.22. The molecular weight excluding hydrogens is 271 g/mol. The Morgan fingerprint density at radius 3 is 2.50 bits per heavy atom. The number of likely N-dealkylation sites (N-methyl/N-ethyl adjacent to an activating group) is 1. The van der Waals surface area contributed by atoms with Crippen molar-refractivity contribution >= 4 is 0 Å². The van der Waals surface area contributed by atoms with Gasteiger partial charge in [0, 0.05) is 7.11 Å². The minimum Gasteiger partial charge on any atom is -0.382 e. The topological polar surface area (TPSA) is 30.5 Å². The molecule has 1 unspecified atom stereocenters. The zero-order valence-electron chi connectivity index (χ0n) is 11.7. The number of rotatable bonds is 8. The second-order valence-electron chi connectivity index (χ2n) is 4.26. The maximum absolute atomic E-state index is 13.0. The van der Waals surface area contributed by atoms with Gasteiger partial charge in [-0.25, -0.2) is 0 Å². The molecule has 1 rings (SSSR count). The van der Waals surface area contributed by atoms with Gasteiger partial charge in [-0.15, -0.1) is 0 Å². The smallest absolute Gasteiger partial charge is 0.382 e. The summed E-state index contributed by atoms with van der Waals surface area (Å²) in [6.07, 6.45) is -4.36. The SMILES string of the molecule is CCNC(COCCOC)c1ccccc1C(F)(F)F. The molecule has 114 valence electrons. The van der Waals surface area contributed by atoms with E-state index in [1.54, 1.807) is 13.2 Å². The quantitative estimate of drug-likeness (QED) is 0.747. The Morgan fingerprint density at radius 2 is 1.90 bits per heavy atom. The van der Waals surface area contributed by atoms with Crippen LogP contribution < -0.4 is 5.32 Å². The van der Waals surface area contributed by atoms with Gasteiger partial charge < -0.3 is 14.8 Å². The summed E-state index contributed by atoms with van der Waals surface area (Å²) in [5.74, 6) is 0. The van der Waals surface area contributed by atoms with E-state index in [2.05, 4.69) is 5.32 Å². The van der Waals surface area contributed by atoms with Crippen molar-refractivity contribution in [2.24, 2.45) is 0 Å². The summed E-state index contributed by atoms with van der Waals surface area (Å²) in [6, 6.07) is 5.07. The molecule has 1 N–H and O–H groups in total. The Hall–Kier alpha value is -1.11. The van der Waals surface area contributed by atoms with E-state index in [-0.39, 0.29) is 12.2 Å². The average molecular weight is 291 g/mol. The zero-order valence-corrected chi connectivity index (χ0v) is 11.7. The Bertz CT molecular complexity index is 396. The second kappa shape index (κ2) is 8.24. The van der Waals surface area contributed by atoms with E-state index in [1.807, 2.05) is 6.92 Å². The van der Waals surface area contributed by atoms with Gasteiger partial charge in [-0.05, 0) is 18.2 Å². The van der Waals surface area contributed by atoms with Gasteiger partial charge in [0.2, 0.25) is 0 Å². The standard InChI is InChI=1S/C14H20F3NO2/c1-3-18-13(10-20-9-8-19-2)11-6-4-5-7-12(11)14(15,16)17/h4-7,13,18H,3,8-10H2,1-2H3. The Labute approximate surface area is 117 Å². The molecule has 0 spiro atoms. The maximum atomic E-state index is 13.0. The van der Waals surface area contributed by atoms with Gasteiger partial charge in [-0.2, -0.15) is 13.2 Å². The van der Waals surface area contributed by atoms with Gasteiger partial charge >= 0.3 is 6.18 Å². The van der Waals surface area contributed by atoms with Crippen molar-refractivity contribution in [3.05, 3.63) is 35.4 Å². The third-order valence-corrected chi connectivity index (χ3v) is 2.81. The van der Waals surface area contributed by atoms with Gasteiger partial charge in [0.05, 0.1) is 31.4 Å². The minimum absolute atomic E-state index is 0.171. The molecule has 0 saturated carbocycles. The number of alkyl halides is 3. The van der Waals surface area contributed by atoms with E-state index in [4.69, 9.17) is 9.47 Å². The lowest BCUT2D eigenvalue weighted by Crippen LogP contribution is -2.28. The highest BCUT2D eigenvalue weighted by atomic mass is 19.4. The summed E-state index contributed by atoms with van der Waals surface area (Å²) in [7, 11) is 1.55. The summed E-state index contributed by atoms with van der Waals surface area (Å²) in [5.41, 5.74) is -0.416. The molecule has 0 saturated heterocycles. The number of ether oxygens (including phenoxy) is 2. The molecule has 0 radical (unpaired) electrons. The number of nitrogens with one attached hydrogen (secondary N) is 1. The number of halogens is 3. The number of hydrogen-bond donors (Lipinski definition) is 1. The molecule has 1 aromatic rings. The molecule has 0 amide bonds. The predicted octanol–water partition coefficient (Wildman–Crippen LogP) is 3.02. The van der Waals surface area contributed by atoms with Crippen LogP contribution in [-0.2, 0) is 15.7 Å². The molecule has 1 atom stereocenters. The fraction of sp³-hybridized carbons (Fsp3) is 0.571. The summed E-state index contributed by atoms with van der Waals surface area (Å²) in [4.78, 5) is 0. The summed E-state index contributed by atoms with van der Waals surface area (Å²) >= 11 is 0. The predicted molar refractivity (Wildman–Crippen MR) is 70.6 cm³/mol. The van der Waals surface area contributed by atoms with Crippen molar-refractivity contribution in [1.82, 2.24) is 5.32 Å². The van der Waals surface area contributed by atoms with E-state index in [0.29, 0.717) is 19.8 Å². The molecule has 20 heavy (non-hydrogen) atoms. The molecule has 1 aromatic carbocycles. The number of hydrogen-bond acceptors (Lipinski definition) is 3. The van der Waals surface area contributed by atoms with E-state index in [0.717, 1.165) is 6.07 Å². The maximum Gasteiger partial charge on any atom is 0.416 e. The van der Waals surface area contributed by atoms with Crippen molar-refractivity contribution in [3.63, 3.8) is 0 Å². The van der Waals surface area contributed by atoms with Crippen molar-refractivity contribution in [2.75, 3.05) is 33.5 Å². The van der Waals surface area contributed by atoms with Crippen LogP contribution >= 0.6 is 0 Å². The van der Waals surface area contributed by atoms with Gasteiger partial charge in [0.15, 0.2) is 0 Å². The van der Waals surface area contributed by atoms with Crippen LogP contribution in [0.2, 0.25) is 0 Å². The third-order valence-electron chi connectivity index (χ3n) is 2.81. The zero-order chi connectivity index (χ0) is 15.0. The summed E-state index contributed by atoms with van der Waals surface area (Å²) in [5, 5.41) is 3.02.